The van der Waals surface area contributed by atoms with Crippen LogP contribution in [0.4, 0.5) is 0 Å². The molecule has 2 rings (SSSR count). The molecular formula is C19H21NO2. The maximum Gasteiger partial charge on any atom is 0.192 e. The number of allylic oxidation sites excluding steroid dienone is 5. The second-order valence-corrected chi connectivity index (χ2v) is 4.90. The molecule has 22 heavy (non-hydrogen) atoms. The Balaban J connectivity index is 2.44. The third kappa shape index (κ3) is 3.55. The van der Waals surface area contributed by atoms with Crippen molar-refractivity contribution in [1.82, 2.24) is 4.98 Å². The number of rotatable bonds is 5. The molecular weight excluding hydrogens is 274 g/mol. The largest absolute Gasteiger partial charge is 0.457 e. The molecule has 0 amide bonds. The van der Waals surface area contributed by atoms with Gasteiger partial charge in [0.2, 0.25) is 0 Å². The van der Waals surface area contributed by atoms with E-state index < -0.39 is 0 Å². The molecule has 0 saturated carbocycles. The smallest absolute Gasteiger partial charge is 0.192 e. The minimum Gasteiger partial charge on any atom is -0.457 e. The minimum atomic E-state index is 0.0618. The second kappa shape index (κ2) is 7.46. The summed E-state index contributed by atoms with van der Waals surface area (Å²) in [6.07, 6.45) is 12.0. The van der Waals surface area contributed by atoms with E-state index in [1.54, 1.807) is 12.3 Å². The third-order valence-corrected chi connectivity index (χ3v) is 3.33. The lowest BCUT2D eigenvalue weighted by molar-refractivity contribution is 0.445. The van der Waals surface area contributed by atoms with Gasteiger partial charge in [-0.15, -0.1) is 0 Å². The zero-order valence-electron chi connectivity index (χ0n) is 13.2. The maximum absolute atomic E-state index is 12.4. The van der Waals surface area contributed by atoms with E-state index in [9.17, 15) is 4.79 Å². The number of aryl methyl sites for hydroxylation is 1. The average Bonchev–Trinajstić information content (AvgIpc) is 2.53. The third-order valence-electron chi connectivity index (χ3n) is 3.33. The van der Waals surface area contributed by atoms with Gasteiger partial charge in [-0.3, -0.25) is 4.79 Å². The lowest BCUT2D eigenvalue weighted by atomic mass is 10.1. The number of benzene rings is 1. The SMILES string of the molecule is C\C=C/C=C(\C=C/C)Oc1ccc2[nH]cc(CC)c(=O)c2c1. The van der Waals surface area contributed by atoms with Crippen molar-refractivity contribution >= 4 is 10.9 Å². The Morgan fingerprint density at radius 2 is 2.09 bits per heavy atom. The molecule has 0 spiro atoms. The van der Waals surface area contributed by atoms with Crippen LogP contribution in [0.2, 0.25) is 0 Å². The van der Waals surface area contributed by atoms with Crippen molar-refractivity contribution in [3.05, 3.63) is 76.3 Å². The molecule has 0 radical (unpaired) electrons. The van der Waals surface area contributed by atoms with Gasteiger partial charge in [-0.1, -0.05) is 25.2 Å². The quantitative estimate of drug-likeness (QED) is 0.651. The molecule has 2 aromatic rings. The van der Waals surface area contributed by atoms with Gasteiger partial charge in [-0.25, -0.2) is 0 Å². The number of pyridine rings is 1. The number of aromatic nitrogens is 1. The summed E-state index contributed by atoms with van der Waals surface area (Å²) in [4.78, 5) is 15.5. The van der Waals surface area contributed by atoms with E-state index in [2.05, 4.69) is 4.98 Å². The zero-order chi connectivity index (χ0) is 15.9. The highest BCUT2D eigenvalue weighted by molar-refractivity contribution is 5.80. The number of fused-ring (bicyclic) bond motifs is 1. The molecule has 3 nitrogen and oxygen atoms in total. The summed E-state index contributed by atoms with van der Waals surface area (Å²) >= 11 is 0. The van der Waals surface area contributed by atoms with E-state index in [4.69, 9.17) is 4.74 Å². The fraction of sp³-hybridized carbons (Fsp3) is 0.211. The normalized spacial score (nSPS) is 12.6. The van der Waals surface area contributed by atoms with Crippen LogP contribution < -0.4 is 10.2 Å². The molecule has 0 aliphatic rings. The Bertz CT molecular complexity index is 795. The van der Waals surface area contributed by atoms with Gasteiger partial charge in [0.05, 0.1) is 0 Å². The first kappa shape index (κ1) is 15.8. The molecule has 0 saturated heterocycles. The van der Waals surface area contributed by atoms with Crippen LogP contribution in [0, 0.1) is 0 Å². The van der Waals surface area contributed by atoms with Gasteiger partial charge < -0.3 is 9.72 Å². The molecule has 1 N–H and O–H groups in total. The van der Waals surface area contributed by atoms with Gasteiger partial charge in [-0.05, 0) is 50.6 Å². The van der Waals surface area contributed by atoms with E-state index in [-0.39, 0.29) is 5.43 Å². The Hall–Kier alpha value is -2.55. The Labute approximate surface area is 130 Å². The van der Waals surface area contributed by atoms with Crippen molar-refractivity contribution in [3.8, 4) is 5.75 Å². The molecule has 3 heteroatoms. The molecule has 0 aliphatic carbocycles. The van der Waals surface area contributed by atoms with Crippen LogP contribution in [-0.2, 0) is 6.42 Å². The molecule has 0 unspecified atom stereocenters. The maximum atomic E-state index is 12.4. The van der Waals surface area contributed by atoms with Crippen molar-refractivity contribution in [2.45, 2.75) is 27.2 Å². The van der Waals surface area contributed by atoms with Crippen LogP contribution in [0.5, 0.6) is 5.75 Å². The average molecular weight is 295 g/mol. The first-order valence-electron chi connectivity index (χ1n) is 7.47. The monoisotopic (exact) mass is 295 g/mol. The van der Waals surface area contributed by atoms with E-state index in [0.717, 1.165) is 16.8 Å². The molecule has 0 aliphatic heterocycles. The van der Waals surface area contributed by atoms with E-state index in [1.807, 2.05) is 63.3 Å². The Kier molecular flexibility index (Phi) is 5.37. The second-order valence-electron chi connectivity index (χ2n) is 4.90. The van der Waals surface area contributed by atoms with Crippen molar-refractivity contribution in [1.29, 1.82) is 0 Å². The predicted octanol–water partition coefficient (Wildman–Crippen LogP) is 4.51. The van der Waals surface area contributed by atoms with Crippen molar-refractivity contribution in [3.63, 3.8) is 0 Å². The number of hydrogen-bond acceptors (Lipinski definition) is 2. The van der Waals surface area contributed by atoms with Crippen LogP contribution in [0.25, 0.3) is 10.9 Å². The van der Waals surface area contributed by atoms with Gasteiger partial charge in [0, 0.05) is 22.7 Å². The standard InChI is InChI=1S/C19H21NO2/c1-4-7-9-15(8-5-2)22-16-10-11-18-17(12-16)19(21)14(6-3)13-20-18/h4-5,7-13H,6H2,1-3H3,(H,20,21)/b7-4-,8-5-,15-9+. The number of ether oxygens (including phenoxy) is 1. The number of aromatic amines is 1. The lowest BCUT2D eigenvalue weighted by Crippen LogP contribution is -2.09. The number of hydrogen-bond donors (Lipinski definition) is 1. The summed E-state index contributed by atoms with van der Waals surface area (Å²) in [5, 5.41) is 0.655. The first-order chi connectivity index (χ1) is 10.7. The fourth-order valence-electron chi connectivity index (χ4n) is 2.18. The van der Waals surface area contributed by atoms with Crippen molar-refractivity contribution < 1.29 is 4.74 Å². The van der Waals surface area contributed by atoms with Crippen LogP contribution >= 0.6 is 0 Å². The molecule has 1 heterocycles. The molecule has 0 atom stereocenters. The minimum absolute atomic E-state index is 0.0618. The zero-order valence-corrected chi connectivity index (χ0v) is 13.2. The Morgan fingerprint density at radius 3 is 2.77 bits per heavy atom. The van der Waals surface area contributed by atoms with Gasteiger partial charge >= 0.3 is 0 Å². The first-order valence-corrected chi connectivity index (χ1v) is 7.47. The highest BCUT2D eigenvalue weighted by atomic mass is 16.5. The number of H-pyrrole nitrogens is 1. The van der Waals surface area contributed by atoms with E-state index in [0.29, 0.717) is 17.6 Å². The van der Waals surface area contributed by atoms with Gasteiger partial charge in [0.25, 0.3) is 0 Å². The summed E-state index contributed by atoms with van der Waals surface area (Å²) in [7, 11) is 0. The van der Waals surface area contributed by atoms with Crippen LogP contribution in [0.15, 0.2) is 65.3 Å². The predicted molar refractivity (Wildman–Crippen MR) is 92.3 cm³/mol. The summed E-state index contributed by atoms with van der Waals surface area (Å²) in [6.45, 7) is 5.86. The highest BCUT2D eigenvalue weighted by Gasteiger charge is 2.06. The molecule has 0 fully saturated rings. The number of nitrogens with one attached hydrogen (secondary N) is 1. The Morgan fingerprint density at radius 1 is 1.27 bits per heavy atom. The molecule has 1 aromatic heterocycles. The summed E-state index contributed by atoms with van der Waals surface area (Å²) in [5.74, 6) is 1.38. The molecule has 114 valence electrons. The lowest BCUT2D eigenvalue weighted by Gasteiger charge is -2.08. The van der Waals surface area contributed by atoms with E-state index in [1.165, 1.54) is 0 Å². The van der Waals surface area contributed by atoms with Crippen molar-refractivity contribution in [2.75, 3.05) is 0 Å². The van der Waals surface area contributed by atoms with Crippen LogP contribution in [0.3, 0.4) is 0 Å². The van der Waals surface area contributed by atoms with Crippen LogP contribution in [-0.4, -0.2) is 4.98 Å². The van der Waals surface area contributed by atoms with Gasteiger partial charge in [0.15, 0.2) is 5.43 Å². The summed E-state index contributed by atoms with van der Waals surface area (Å²) in [6, 6.07) is 5.52. The highest BCUT2D eigenvalue weighted by Crippen LogP contribution is 2.20. The van der Waals surface area contributed by atoms with Gasteiger partial charge in [-0.2, -0.15) is 0 Å². The van der Waals surface area contributed by atoms with E-state index >= 15 is 0 Å². The van der Waals surface area contributed by atoms with Crippen molar-refractivity contribution in [2.24, 2.45) is 0 Å². The molecule has 0 bridgehead atoms. The fourth-order valence-corrected chi connectivity index (χ4v) is 2.18. The molecule has 1 aromatic carbocycles. The summed E-state index contributed by atoms with van der Waals surface area (Å²) < 4.78 is 5.86. The van der Waals surface area contributed by atoms with Crippen LogP contribution in [0.1, 0.15) is 26.3 Å². The topological polar surface area (TPSA) is 42.1 Å². The summed E-state index contributed by atoms with van der Waals surface area (Å²) in [5.41, 5.74) is 1.66. The van der Waals surface area contributed by atoms with Gasteiger partial charge in [0.1, 0.15) is 11.5 Å².